The number of benzene rings is 1. The Hall–Kier alpha value is -2.68. The summed E-state index contributed by atoms with van der Waals surface area (Å²) in [6, 6.07) is 12.4. The topological polar surface area (TPSA) is 29.0 Å². The molecule has 0 radical (unpaired) electrons. The van der Waals surface area contributed by atoms with Crippen molar-refractivity contribution in [2.45, 2.75) is 47.0 Å². The summed E-state index contributed by atoms with van der Waals surface area (Å²) in [4.78, 5) is 10.5. The molecule has 3 nitrogen and oxygen atoms in total. The van der Waals surface area contributed by atoms with Crippen molar-refractivity contribution in [3.63, 3.8) is 0 Å². The van der Waals surface area contributed by atoms with Gasteiger partial charge >= 0.3 is 0 Å². The molecule has 0 spiro atoms. The van der Waals surface area contributed by atoms with Gasteiger partial charge in [-0.25, -0.2) is 9.97 Å². The zero-order valence-electron chi connectivity index (χ0n) is 17.0. The molecule has 3 heteroatoms. The van der Waals surface area contributed by atoms with E-state index < -0.39 is 0 Å². The van der Waals surface area contributed by atoms with E-state index in [0.29, 0.717) is 0 Å². The molecule has 0 amide bonds. The summed E-state index contributed by atoms with van der Waals surface area (Å²) in [7, 11) is 0. The third-order valence-electron chi connectivity index (χ3n) is 4.42. The molecule has 0 unspecified atom stereocenters. The number of rotatable bonds is 2. The summed E-state index contributed by atoms with van der Waals surface area (Å²) in [6.07, 6.45) is 13.9. The van der Waals surface area contributed by atoms with Gasteiger partial charge in [-0.15, -0.1) is 0 Å². The predicted molar refractivity (Wildman–Crippen MR) is 117 cm³/mol. The van der Waals surface area contributed by atoms with Gasteiger partial charge in [-0.2, -0.15) is 0 Å². The standard InChI is InChI=1S/C13H14.C9H11N3.C2H6/c1-11-6-5-9-13(10-11)12-7-3-2-4-8-12;1-8-4-2-7-12(8)9-10-5-3-6-11-9;1-2/h2-4,7-10H,5-6H2,1H3;3-6H,2,7H2,1H3;1-2H3. The molecule has 2 heterocycles. The van der Waals surface area contributed by atoms with Crippen LogP contribution in [0.5, 0.6) is 0 Å². The van der Waals surface area contributed by atoms with E-state index >= 15 is 0 Å². The van der Waals surface area contributed by atoms with Gasteiger partial charge in [0, 0.05) is 24.6 Å². The highest BCUT2D eigenvalue weighted by atomic mass is 15.3. The second kappa shape index (κ2) is 11.1. The minimum absolute atomic E-state index is 0.809. The molecule has 1 aliphatic heterocycles. The third kappa shape index (κ3) is 6.21. The van der Waals surface area contributed by atoms with Crippen molar-refractivity contribution in [1.82, 2.24) is 9.97 Å². The van der Waals surface area contributed by atoms with E-state index in [1.54, 1.807) is 12.4 Å². The molecule has 2 aromatic rings. The molecule has 1 aromatic heterocycles. The first kappa shape index (κ1) is 20.6. The SMILES string of the molecule is CC.CC1=CC(c2ccccc2)=CCC1.CC1=CCCN1c1ncccn1. The average molecular weight is 362 g/mol. The van der Waals surface area contributed by atoms with Gasteiger partial charge in [0.15, 0.2) is 0 Å². The van der Waals surface area contributed by atoms with E-state index in [4.69, 9.17) is 0 Å². The van der Waals surface area contributed by atoms with E-state index in [0.717, 1.165) is 18.9 Å². The number of nitrogens with zero attached hydrogens (tertiary/aromatic N) is 3. The second-order valence-electron chi connectivity index (χ2n) is 6.39. The Labute approximate surface area is 164 Å². The van der Waals surface area contributed by atoms with E-state index in [1.165, 1.54) is 35.2 Å². The van der Waals surface area contributed by atoms with E-state index in [2.05, 4.69) is 77.3 Å². The van der Waals surface area contributed by atoms with Gasteiger partial charge < -0.3 is 4.90 Å². The summed E-state index contributed by atoms with van der Waals surface area (Å²) in [6.45, 7) is 9.30. The Morgan fingerprint density at radius 2 is 1.56 bits per heavy atom. The van der Waals surface area contributed by atoms with Crippen molar-refractivity contribution in [3.8, 4) is 0 Å². The van der Waals surface area contributed by atoms with Crippen LogP contribution in [0.4, 0.5) is 5.95 Å². The molecule has 0 N–H and O–H groups in total. The lowest BCUT2D eigenvalue weighted by Crippen LogP contribution is -2.19. The first-order valence-electron chi connectivity index (χ1n) is 9.88. The molecule has 0 atom stereocenters. The molecule has 4 rings (SSSR count). The Bertz CT molecular complexity index is 774. The molecule has 2 aliphatic rings. The van der Waals surface area contributed by atoms with Crippen molar-refractivity contribution >= 4 is 11.5 Å². The molecule has 1 aliphatic carbocycles. The fourth-order valence-corrected chi connectivity index (χ4v) is 3.06. The third-order valence-corrected chi connectivity index (χ3v) is 4.42. The van der Waals surface area contributed by atoms with E-state index in [1.807, 2.05) is 19.9 Å². The van der Waals surface area contributed by atoms with Gasteiger partial charge in [-0.3, -0.25) is 0 Å². The molecule has 142 valence electrons. The fourth-order valence-electron chi connectivity index (χ4n) is 3.06. The summed E-state index contributed by atoms with van der Waals surface area (Å²) in [5.41, 5.74) is 5.45. The Morgan fingerprint density at radius 1 is 0.852 bits per heavy atom. The van der Waals surface area contributed by atoms with Crippen LogP contribution in [0.2, 0.25) is 0 Å². The molecule has 0 fully saturated rings. The first-order valence-corrected chi connectivity index (χ1v) is 9.88. The van der Waals surface area contributed by atoms with Crippen LogP contribution in [0.15, 0.2) is 78.3 Å². The molecule has 0 saturated carbocycles. The number of hydrogen-bond acceptors (Lipinski definition) is 3. The summed E-state index contributed by atoms with van der Waals surface area (Å²) in [5.74, 6) is 0.809. The Balaban J connectivity index is 0.000000178. The quantitative estimate of drug-likeness (QED) is 0.617. The first-order chi connectivity index (χ1) is 13.2. The normalized spacial score (nSPS) is 15.4. The van der Waals surface area contributed by atoms with Crippen LogP contribution < -0.4 is 4.90 Å². The fraction of sp³-hybridized carbons (Fsp3) is 0.333. The van der Waals surface area contributed by atoms with Gasteiger partial charge in [0.2, 0.25) is 5.95 Å². The smallest absolute Gasteiger partial charge is 0.229 e. The zero-order valence-corrected chi connectivity index (χ0v) is 17.0. The van der Waals surface area contributed by atoms with Crippen LogP contribution in [-0.2, 0) is 0 Å². The lowest BCUT2D eigenvalue weighted by atomic mass is 9.96. The molecular formula is C24H31N3. The molecule has 0 bridgehead atoms. The van der Waals surface area contributed by atoms with Crippen molar-refractivity contribution in [2.75, 3.05) is 11.4 Å². The molecule has 0 saturated heterocycles. The van der Waals surface area contributed by atoms with Crippen molar-refractivity contribution in [3.05, 3.63) is 83.9 Å². The van der Waals surface area contributed by atoms with Crippen LogP contribution in [0.1, 0.15) is 52.5 Å². The molecule has 27 heavy (non-hydrogen) atoms. The van der Waals surface area contributed by atoms with Crippen LogP contribution in [-0.4, -0.2) is 16.5 Å². The van der Waals surface area contributed by atoms with Crippen molar-refractivity contribution < 1.29 is 0 Å². The van der Waals surface area contributed by atoms with Crippen molar-refractivity contribution in [1.29, 1.82) is 0 Å². The summed E-state index contributed by atoms with van der Waals surface area (Å²) in [5, 5.41) is 0. The van der Waals surface area contributed by atoms with Gasteiger partial charge in [0.1, 0.15) is 0 Å². The number of anilines is 1. The summed E-state index contributed by atoms with van der Waals surface area (Å²) >= 11 is 0. The number of aromatic nitrogens is 2. The minimum Gasteiger partial charge on any atom is -0.315 e. The van der Waals surface area contributed by atoms with Gasteiger partial charge in [0.25, 0.3) is 0 Å². The maximum absolute atomic E-state index is 4.19. The largest absolute Gasteiger partial charge is 0.315 e. The Kier molecular flexibility index (Phi) is 8.50. The highest BCUT2D eigenvalue weighted by Crippen LogP contribution is 2.24. The molecular weight excluding hydrogens is 330 g/mol. The van der Waals surface area contributed by atoms with E-state index in [-0.39, 0.29) is 0 Å². The zero-order chi connectivity index (χ0) is 19.5. The van der Waals surface area contributed by atoms with Crippen molar-refractivity contribution in [2.24, 2.45) is 0 Å². The highest BCUT2D eigenvalue weighted by molar-refractivity contribution is 5.75. The monoisotopic (exact) mass is 361 g/mol. The maximum atomic E-state index is 4.19. The van der Waals surface area contributed by atoms with Gasteiger partial charge in [-0.05, 0) is 50.3 Å². The van der Waals surface area contributed by atoms with Crippen LogP contribution >= 0.6 is 0 Å². The predicted octanol–water partition coefficient (Wildman–Crippen LogP) is 6.43. The lowest BCUT2D eigenvalue weighted by molar-refractivity contribution is 0.907. The van der Waals surface area contributed by atoms with E-state index in [9.17, 15) is 0 Å². The lowest BCUT2D eigenvalue weighted by Gasteiger charge is -2.16. The van der Waals surface area contributed by atoms with Gasteiger partial charge in [0.05, 0.1) is 0 Å². The Morgan fingerprint density at radius 3 is 2.15 bits per heavy atom. The second-order valence-corrected chi connectivity index (χ2v) is 6.39. The van der Waals surface area contributed by atoms with Gasteiger partial charge in [-0.1, -0.05) is 68.0 Å². The summed E-state index contributed by atoms with van der Waals surface area (Å²) < 4.78 is 0. The number of hydrogen-bond donors (Lipinski definition) is 0. The minimum atomic E-state index is 0.809. The highest BCUT2D eigenvalue weighted by Gasteiger charge is 2.14. The van der Waals surface area contributed by atoms with Crippen LogP contribution in [0.3, 0.4) is 0 Å². The maximum Gasteiger partial charge on any atom is 0.229 e. The van der Waals surface area contributed by atoms with Crippen LogP contribution in [0.25, 0.3) is 5.57 Å². The average Bonchev–Trinajstić information content (AvgIpc) is 3.17. The number of allylic oxidation sites excluding steroid dienone is 5. The van der Waals surface area contributed by atoms with Crippen LogP contribution in [0, 0.1) is 0 Å². The molecule has 1 aromatic carbocycles.